The maximum Gasteiger partial charge on any atom is 0.290 e. The molecule has 0 spiro atoms. The molecule has 160 valence electrons. The number of nitrogens with one attached hydrogen (secondary N) is 1. The van der Waals surface area contributed by atoms with E-state index in [0.717, 1.165) is 12.1 Å². The molecule has 3 atom stereocenters. The zero-order valence-corrected chi connectivity index (χ0v) is 16.7. The van der Waals surface area contributed by atoms with Crippen molar-refractivity contribution in [1.82, 2.24) is 20.2 Å². The third-order valence-corrected chi connectivity index (χ3v) is 6.12. The second-order valence-electron chi connectivity index (χ2n) is 7.10. The summed E-state index contributed by atoms with van der Waals surface area (Å²) < 4.78 is 4.94. The Balaban J connectivity index is 0.000000806. The summed E-state index contributed by atoms with van der Waals surface area (Å²) in [6.45, 7) is -0.480. The van der Waals surface area contributed by atoms with Crippen molar-refractivity contribution >= 4 is 35.5 Å². The van der Waals surface area contributed by atoms with Gasteiger partial charge in [-0.1, -0.05) is 0 Å². The molecule has 4 rings (SSSR count). The van der Waals surface area contributed by atoms with Crippen LogP contribution in [0.5, 0.6) is 0 Å². The maximum absolute atomic E-state index is 13.1. The van der Waals surface area contributed by atoms with Crippen molar-refractivity contribution in [3.8, 4) is 0 Å². The summed E-state index contributed by atoms with van der Waals surface area (Å²) in [5.74, 6) is -1.11. The maximum atomic E-state index is 13.1. The lowest BCUT2D eigenvalue weighted by atomic mass is 9.70. The first-order chi connectivity index (χ1) is 14.4. The standard InChI is InChI=1S/C17H19N5O4S.CH2O2/c18-14(23)5-19-16(25)17(3-10-7-27-9-21-10)4-11-1-2-13(17)22(11)15(24)12-6-26-8-20-12;2-1-3/h6-9,11,13H,1-5H2,(H2,18,23)(H,19,25);1H,(H,2,3)/t11-,13+,17+;/m1./s1. The van der Waals surface area contributed by atoms with Crippen LogP contribution < -0.4 is 11.1 Å². The van der Waals surface area contributed by atoms with Crippen LogP contribution in [0.4, 0.5) is 0 Å². The van der Waals surface area contributed by atoms with Gasteiger partial charge in [0.2, 0.25) is 11.8 Å². The zero-order chi connectivity index (χ0) is 21.7. The highest BCUT2D eigenvalue weighted by atomic mass is 32.1. The molecule has 0 radical (unpaired) electrons. The number of carboxylic acid groups (broad SMARTS) is 1. The van der Waals surface area contributed by atoms with E-state index in [0.29, 0.717) is 19.3 Å². The van der Waals surface area contributed by atoms with Crippen LogP contribution in [0.2, 0.25) is 0 Å². The summed E-state index contributed by atoms with van der Waals surface area (Å²) in [5, 5.41) is 11.4. The molecule has 4 N–H and O–H groups in total. The van der Waals surface area contributed by atoms with Gasteiger partial charge in [-0.3, -0.25) is 19.2 Å². The van der Waals surface area contributed by atoms with Crippen LogP contribution in [0.15, 0.2) is 28.0 Å². The second-order valence-corrected chi connectivity index (χ2v) is 7.82. The monoisotopic (exact) mass is 435 g/mol. The Labute approximate surface area is 175 Å². The lowest BCUT2D eigenvalue weighted by Crippen LogP contribution is -2.52. The van der Waals surface area contributed by atoms with Crippen molar-refractivity contribution in [1.29, 1.82) is 0 Å². The summed E-state index contributed by atoms with van der Waals surface area (Å²) in [6, 6.07) is -0.349. The van der Waals surface area contributed by atoms with E-state index in [-0.39, 0.29) is 42.6 Å². The normalized spacial score (nSPS) is 24.1. The molecule has 2 bridgehead atoms. The first-order valence-electron chi connectivity index (χ1n) is 9.15. The van der Waals surface area contributed by atoms with Crippen LogP contribution in [-0.2, 0) is 20.8 Å². The third-order valence-electron chi connectivity index (χ3n) is 5.48. The Morgan fingerprint density at radius 3 is 2.77 bits per heavy atom. The molecule has 2 saturated heterocycles. The van der Waals surface area contributed by atoms with Gasteiger partial charge >= 0.3 is 0 Å². The Hall–Kier alpha value is -3.28. The number of nitrogens with two attached hydrogens (primary N) is 1. The van der Waals surface area contributed by atoms with Gasteiger partial charge in [-0.25, -0.2) is 9.97 Å². The van der Waals surface area contributed by atoms with Gasteiger partial charge in [0.1, 0.15) is 6.26 Å². The summed E-state index contributed by atoms with van der Waals surface area (Å²) in [6.07, 6.45) is 5.00. The van der Waals surface area contributed by atoms with Gasteiger partial charge in [0.05, 0.1) is 23.2 Å². The fourth-order valence-corrected chi connectivity index (χ4v) is 5.00. The predicted octanol–water partition coefficient (Wildman–Crippen LogP) is 0.0394. The number of nitrogens with zero attached hydrogens (tertiary/aromatic N) is 3. The van der Waals surface area contributed by atoms with Gasteiger partial charge in [0.15, 0.2) is 12.1 Å². The number of thiazole rings is 1. The minimum absolute atomic E-state index is 0.0582. The molecular formula is C18H21N5O6S. The van der Waals surface area contributed by atoms with E-state index in [9.17, 15) is 14.4 Å². The molecule has 12 heteroatoms. The number of primary amides is 1. The average molecular weight is 435 g/mol. The largest absolute Gasteiger partial charge is 0.483 e. The van der Waals surface area contributed by atoms with E-state index < -0.39 is 11.3 Å². The SMILES string of the molecule is NC(=O)CNC(=O)[C@@]1(Cc2cscn2)C[C@H]2CC[C@@H]1N2C(=O)c1cocn1.O=CO. The van der Waals surface area contributed by atoms with E-state index in [1.165, 1.54) is 24.0 Å². The summed E-state index contributed by atoms with van der Waals surface area (Å²) >= 11 is 1.46. The van der Waals surface area contributed by atoms with E-state index in [4.69, 9.17) is 20.1 Å². The van der Waals surface area contributed by atoms with Crippen LogP contribution in [0.25, 0.3) is 0 Å². The highest BCUT2D eigenvalue weighted by Gasteiger charge is 2.61. The molecule has 2 aromatic rings. The first kappa shape index (κ1) is 21.4. The highest BCUT2D eigenvalue weighted by Crippen LogP contribution is 2.52. The lowest BCUT2D eigenvalue weighted by molar-refractivity contribution is -0.134. The number of amides is 3. The molecule has 0 saturated carbocycles. The molecule has 2 aliphatic rings. The van der Waals surface area contributed by atoms with Crippen molar-refractivity contribution in [2.75, 3.05) is 6.54 Å². The van der Waals surface area contributed by atoms with E-state index in [1.54, 1.807) is 10.4 Å². The molecule has 2 fully saturated rings. The molecule has 30 heavy (non-hydrogen) atoms. The number of aromatic nitrogens is 2. The highest BCUT2D eigenvalue weighted by molar-refractivity contribution is 7.07. The van der Waals surface area contributed by atoms with Crippen LogP contribution in [0.1, 0.15) is 35.4 Å². The predicted molar refractivity (Wildman–Crippen MR) is 103 cm³/mol. The van der Waals surface area contributed by atoms with Gasteiger partial charge in [0, 0.05) is 23.9 Å². The van der Waals surface area contributed by atoms with Crippen LogP contribution in [-0.4, -0.2) is 62.8 Å². The Kier molecular flexibility index (Phi) is 6.45. The molecule has 0 unspecified atom stereocenters. The number of hydrogen-bond acceptors (Lipinski definition) is 8. The number of hydrogen-bond donors (Lipinski definition) is 3. The molecule has 2 aromatic heterocycles. The second kappa shape index (κ2) is 9.03. The van der Waals surface area contributed by atoms with Gasteiger partial charge in [0.25, 0.3) is 12.4 Å². The van der Waals surface area contributed by atoms with Gasteiger partial charge < -0.3 is 25.5 Å². The van der Waals surface area contributed by atoms with Gasteiger partial charge in [-0.05, 0) is 19.3 Å². The van der Waals surface area contributed by atoms with E-state index >= 15 is 0 Å². The number of fused-ring (bicyclic) bond motifs is 2. The van der Waals surface area contributed by atoms with Crippen molar-refractivity contribution in [2.24, 2.45) is 11.1 Å². The Morgan fingerprint density at radius 1 is 1.40 bits per heavy atom. The van der Waals surface area contributed by atoms with Crippen molar-refractivity contribution < 1.29 is 28.7 Å². The summed E-state index contributed by atoms with van der Waals surface area (Å²) in [5.41, 5.74) is 7.10. The number of carbonyl (C=O) groups excluding carboxylic acids is 3. The zero-order valence-electron chi connectivity index (χ0n) is 15.9. The Morgan fingerprint density at radius 2 is 2.17 bits per heavy atom. The molecule has 3 amide bonds. The minimum Gasteiger partial charge on any atom is -0.483 e. The molecule has 11 nitrogen and oxygen atoms in total. The van der Waals surface area contributed by atoms with Crippen LogP contribution in [0.3, 0.4) is 0 Å². The van der Waals surface area contributed by atoms with Crippen LogP contribution in [0, 0.1) is 5.41 Å². The molecular weight excluding hydrogens is 414 g/mol. The average Bonchev–Trinajstić information content (AvgIpc) is 3.50. The minimum atomic E-state index is -0.841. The number of carbonyl (C=O) groups is 4. The van der Waals surface area contributed by atoms with Crippen molar-refractivity contribution in [3.05, 3.63) is 34.9 Å². The lowest BCUT2D eigenvalue weighted by Gasteiger charge is -2.35. The van der Waals surface area contributed by atoms with E-state index in [2.05, 4.69) is 15.3 Å². The topological polar surface area (TPSA) is 169 Å². The molecule has 2 aliphatic heterocycles. The summed E-state index contributed by atoms with van der Waals surface area (Å²) in [4.78, 5) is 55.6. The fourth-order valence-electron chi connectivity index (χ4n) is 4.45. The Bertz CT molecular complexity index is 902. The van der Waals surface area contributed by atoms with Crippen LogP contribution >= 0.6 is 11.3 Å². The summed E-state index contributed by atoms with van der Waals surface area (Å²) in [7, 11) is 0. The quantitative estimate of drug-likeness (QED) is 0.534. The number of rotatable bonds is 6. The van der Waals surface area contributed by atoms with Gasteiger partial charge in [-0.15, -0.1) is 11.3 Å². The smallest absolute Gasteiger partial charge is 0.290 e. The van der Waals surface area contributed by atoms with E-state index in [1.807, 2.05) is 5.38 Å². The molecule has 0 aliphatic carbocycles. The molecule has 0 aromatic carbocycles. The van der Waals surface area contributed by atoms with Crippen molar-refractivity contribution in [2.45, 2.75) is 37.8 Å². The fraction of sp³-hybridized carbons (Fsp3) is 0.444. The first-order valence-corrected chi connectivity index (χ1v) is 10.1. The molecule has 4 heterocycles. The van der Waals surface area contributed by atoms with Gasteiger partial charge in [-0.2, -0.15) is 0 Å². The number of oxazole rings is 1. The van der Waals surface area contributed by atoms with Crippen molar-refractivity contribution in [3.63, 3.8) is 0 Å². The third kappa shape index (κ3) is 4.03.